The Kier molecular flexibility index (Phi) is 4.41. The molecule has 1 aliphatic heterocycles. The van der Waals surface area contributed by atoms with Crippen LogP contribution in [0.5, 0.6) is 0 Å². The van der Waals surface area contributed by atoms with Gasteiger partial charge in [-0.25, -0.2) is 12.7 Å². The van der Waals surface area contributed by atoms with Gasteiger partial charge in [-0.3, -0.25) is 10.1 Å². The predicted molar refractivity (Wildman–Crippen MR) is 71.6 cm³/mol. The minimum atomic E-state index is -3.11. The summed E-state index contributed by atoms with van der Waals surface area (Å²) in [5, 5.41) is 13.7. The van der Waals surface area contributed by atoms with Gasteiger partial charge in [-0.1, -0.05) is 0 Å². The monoisotopic (exact) mass is 303 g/mol. The second-order valence-corrected chi connectivity index (χ2v) is 6.80. The molecule has 9 heteroatoms. The van der Waals surface area contributed by atoms with Gasteiger partial charge in [-0.05, 0) is 18.9 Å². The highest BCUT2D eigenvalue weighted by Crippen LogP contribution is 2.17. The van der Waals surface area contributed by atoms with Crippen molar-refractivity contribution in [3.63, 3.8) is 0 Å². The largest absolute Gasteiger partial charge is 0.433 e. The second kappa shape index (κ2) is 5.90. The van der Waals surface area contributed by atoms with Crippen LogP contribution in [-0.2, 0) is 16.6 Å². The molecule has 1 aromatic heterocycles. The van der Waals surface area contributed by atoms with Crippen LogP contribution < -0.4 is 5.32 Å². The Labute approximate surface area is 116 Å². The number of hydrogen-bond acceptors (Lipinski definition) is 6. The number of hydrogen-bond donors (Lipinski definition) is 1. The Balaban J connectivity index is 1.80. The van der Waals surface area contributed by atoms with E-state index in [2.05, 4.69) is 5.32 Å². The maximum Gasteiger partial charge on any atom is 0.433 e. The highest BCUT2D eigenvalue weighted by molar-refractivity contribution is 7.88. The number of piperidine rings is 1. The molecular weight excluding hydrogens is 286 g/mol. The van der Waals surface area contributed by atoms with Crippen LogP contribution in [0.3, 0.4) is 0 Å². The van der Waals surface area contributed by atoms with Crippen molar-refractivity contribution in [1.29, 1.82) is 0 Å². The molecule has 0 saturated carbocycles. The molecule has 0 aromatic carbocycles. The lowest BCUT2D eigenvalue weighted by atomic mass is 10.1. The first-order valence-electron chi connectivity index (χ1n) is 6.28. The van der Waals surface area contributed by atoms with E-state index >= 15 is 0 Å². The van der Waals surface area contributed by atoms with Crippen molar-refractivity contribution < 1.29 is 17.8 Å². The van der Waals surface area contributed by atoms with E-state index < -0.39 is 14.9 Å². The third-order valence-corrected chi connectivity index (χ3v) is 4.62. The Morgan fingerprint density at radius 1 is 1.45 bits per heavy atom. The van der Waals surface area contributed by atoms with Gasteiger partial charge in [0.2, 0.25) is 10.0 Å². The van der Waals surface area contributed by atoms with Crippen LogP contribution in [-0.4, -0.2) is 43.0 Å². The molecule has 2 heterocycles. The molecule has 0 atom stereocenters. The van der Waals surface area contributed by atoms with Crippen molar-refractivity contribution in [3.05, 3.63) is 28.0 Å². The van der Waals surface area contributed by atoms with Gasteiger partial charge in [-0.2, -0.15) is 0 Å². The van der Waals surface area contributed by atoms with Crippen LogP contribution in [0.2, 0.25) is 0 Å². The number of sulfonamides is 1. The molecule has 1 saturated heterocycles. The van der Waals surface area contributed by atoms with E-state index in [0.29, 0.717) is 25.4 Å². The fourth-order valence-electron chi connectivity index (χ4n) is 2.20. The minimum Gasteiger partial charge on any atom is -0.404 e. The normalized spacial score (nSPS) is 18.2. The van der Waals surface area contributed by atoms with Gasteiger partial charge in [0, 0.05) is 19.1 Å². The van der Waals surface area contributed by atoms with Crippen molar-refractivity contribution in [2.24, 2.45) is 0 Å². The summed E-state index contributed by atoms with van der Waals surface area (Å²) in [4.78, 5) is 9.90. The summed E-state index contributed by atoms with van der Waals surface area (Å²) in [6.07, 6.45) is 2.65. The SMILES string of the molecule is CS(=O)(=O)N1CCC(NCc2ccc([N+](=O)[O-])o2)CC1. The average Bonchev–Trinajstić information content (AvgIpc) is 2.85. The van der Waals surface area contributed by atoms with Crippen LogP contribution in [0, 0.1) is 10.1 Å². The topological polar surface area (TPSA) is 106 Å². The summed E-state index contributed by atoms with van der Waals surface area (Å²) < 4.78 is 29.2. The van der Waals surface area contributed by atoms with E-state index in [9.17, 15) is 18.5 Å². The molecule has 1 N–H and O–H groups in total. The molecule has 20 heavy (non-hydrogen) atoms. The quantitative estimate of drug-likeness (QED) is 0.634. The molecule has 1 aromatic rings. The Bertz CT molecular complexity index is 575. The van der Waals surface area contributed by atoms with Gasteiger partial charge in [0.15, 0.2) is 0 Å². The second-order valence-electron chi connectivity index (χ2n) is 4.81. The number of nitrogens with one attached hydrogen (secondary N) is 1. The van der Waals surface area contributed by atoms with E-state index in [-0.39, 0.29) is 11.9 Å². The molecule has 0 aliphatic carbocycles. The molecule has 8 nitrogen and oxygen atoms in total. The van der Waals surface area contributed by atoms with E-state index in [0.717, 1.165) is 12.8 Å². The van der Waals surface area contributed by atoms with E-state index in [1.165, 1.54) is 16.6 Å². The molecule has 2 rings (SSSR count). The van der Waals surface area contributed by atoms with Crippen LogP contribution in [0.4, 0.5) is 5.88 Å². The molecule has 0 amide bonds. The van der Waals surface area contributed by atoms with Crippen LogP contribution in [0.15, 0.2) is 16.5 Å². The number of nitro groups is 1. The predicted octanol–water partition coefficient (Wildman–Crippen LogP) is 0.701. The molecule has 1 fully saturated rings. The zero-order chi connectivity index (χ0) is 14.8. The molecule has 112 valence electrons. The van der Waals surface area contributed by atoms with Gasteiger partial charge < -0.3 is 9.73 Å². The Morgan fingerprint density at radius 2 is 2.10 bits per heavy atom. The highest BCUT2D eigenvalue weighted by atomic mass is 32.2. The highest BCUT2D eigenvalue weighted by Gasteiger charge is 2.24. The number of rotatable bonds is 5. The molecule has 0 spiro atoms. The minimum absolute atomic E-state index is 0.192. The first-order valence-corrected chi connectivity index (χ1v) is 8.12. The van der Waals surface area contributed by atoms with Crippen LogP contribution in [0.25, 0.3) is 0 Å². The summed E-state index contributed by atoms with van der Waals surface area (Å²) in [5.41, 5.74) is 0. The van der Waals surface area contributed by atoms with Crippen molar-refractivity contribution in [3.8, 4) is 0 Å². The third-order valence-electron chi connectivity index (χ3n) is 3.32. The van der Waals surface area contributed by atoms with Crippen LogP contribution in [0.1, 0.15) is 18.6 Å². The van der Waals surface area contributed by atoms with E-state index in [1.807, 2.05) is 0 Å². The van der Waals surface area contributed by atoms with Crippen molar-refractivity contribution >= 4 is 15.9 Å². The lowest BCUT2D eigenvalue weighted by Gasteiger charge is -2.30. The molecule has 0 unspecified atom stereocenters. The fraction of sp³-hybridized carbons (Fsp3) is 0.636. The van der Waals surface area contributed by atoms with Gasteiger partial charge >= 0.3 is 5.88 Å². The van der Waals surface area contributed by atoms with Crippen molar-refractivity contribution in [1.82, 2.24) is 9.62 Å². The van der Waals surface area contributed by atoms with E-state index in [4.69, 9.17) is 4.42 Å². The zero-order valence-electron chi connectivity index (χ0n) is 11.1. The maximum absolute atomic E-state index is 11.4. The summed E-state index contributed by atoms with van der Waals surface area (Å²) in [6.45, 7) is 1.39. The van der Waals surface area contributed by atoms with Gasteiger partial charge in [0.05, 0.1) is 18.9 Å². The Hall–Kier alpha value is -1.45. The maximum atomic E-state index is 11.4. The third kappa shape index (κ3) is 3.78. The first-order chi connectivity index (χ1) is 9.36. The zero-order valence-corrected chi connectivity index (χ0v) is 11.9. The molecule has 1 aliphatic rings. The lowest BCUT2D eigenvalue weighted by molar-refractivity contribution is -0.402. The van der Waals surface area contributed by atoms with Crippen molar-refractivity contribution in [2.75, 3.05) is 19.3 Å². The smallest absolute Gasteiger partial charge is 0.404 e. The summed E-state index contributed by atoms with van der Waals surface area (Å²) in [6, 6.07) is 3.08. The number of furan rings is 1. The summed E-state index contributed by atoms with van der Waals surface area (Å²) in [7, 11) is -3.11. The fourth-order valence-corrected chi connectivity index (χ4v) is 3.07. The summed E-state index contributed by atoms with van der Waals surface area (Å²) in [5.74, 6) is 0.232. The van der Waals surface area contributed by atoms with E-state index in [1.54, 1.807) is 6.07 Å². The van der Waals surface area contributed by atoms with Crippen molar-refractivity contribution in [2.45, 2.75) is 25.4 Å². The van der Waals surface area contributed by atoms with Gasteiger partial charge in [0.25, 0.3) is 0 Å². The van der Waals surface area contributed by atoms with Gasteiger partial charge in [-0.15, -0.1) is 0 Å². The molecule has 0 bridgehead atoms. The van der Waals surface area contributed by atoms with Crippen LogP contribution >= 0.6 is 0 Å². The summed E-state index contributed by atoms with van der Waals surface area (Å²) >= 11 is 0. The average molecular weight is 303 g/mol. The molecule has 0 radical (unpaired) electrons. The standard InChI is InChI=1S/C11H17N3O5S/c1-20(17,18)13-6-4-9(5-7-13)12-8-10-2-3-11(19-10)14(15)16/h2-3,9,12H,4-8H2,1H3. The number of nitrogens with zero attached hydrogens (tertiary/aromatic N) is 2. The first kappa shape index (κ1) is 14.9. The lowest BCUT2D eigenvalue weighted by Crippen LogP contribution is -2.44. The van der Waals surface area contributed by atoms with Gasteiger partial charge in [0.1, 0.15) is 10.7 Å². The Morgan fingerprint density at radius 3 is 2.60 bits per heavy atom. The molecular formula is C11H17N3O5S.